The highest BCUT2D eigenvalue weighted by Crippen LogP contribution is 2.23. The van der Waals surface area contributed by atoms with Gasteiger partial charge in [0, 0.05) is 7.05 Å². The number of ether oxygens (including phenoxy) is 1. The zero-order valence-corrected chi connectivity index (χ0v) is 8.67. The highest BCUT2D eigenvalue weighted by atomic mass is 19.4. The Morgan fingerprint density at radius 1 is 1.24 bits per heavy atom. The molecular formula is C10H8F3NO3. The van der Waals surface area contributed by atoms with Crippen LogP contribution in [0.25, 0.3) is 0 Å². The van der Waals surface area contributed by atoms with E-state index in [9.17, 15) is 22.8 Å². The molecule has 0 heterocycles. The van der Waals surface area contributed by atoms with E-state index < -0.39 is 23.8 Å². The van der Waals surface area contributed by atoms with Crippen LogP contribution < -0.4 is 10.1 Å². The third-order valence-corrected chi connectivity index (χ3v) is 1.79. The van der Waals surface area contributed by atoms with Crippen LogP contribution in [0.4, 0.5) is 13.2 Å². The molecule has 1 rings (SSSR count). The second-order valence-electron chi connectivity index (χ2n) is 2.96. The van der Waals surface area contributed by atoms with Crippen LogP contribution in [0.3, 0.4) is 0 Å². The minimum Gasteiger partial charge on any atom is -0.419 e. The van der Waals surface area contributed by atoms with E-state index in [1.165, 1.54) is 25.2 Å². The molecular weight excluding hydrogens is 239 g/mol. The first kappa shape index (κ1) is 13.0. The number of carbonyl (C=O) groups excluding carboxylic acids is 2. The molecule has 4 nitrogen and oxygen atoms in total. The van der Waals surface area contributed by atoms with Crippen LogP contribution in [0.15, 0.2) is 24.3 Å². The number of rotatable bonds is 2. The summed E-state index contributed by atoms with van der Waals surface area (Å²) in [6.07, 6.45) is -5.10. The molecule has 0 unspecified atom stereocenters. The van der Waals surface area contributed by atoms with Crippen LogP contribution in [0.2, 0.25) is 0 Å². The fraction of sp³-hybridized carbons (Fsp3) is 0.200. The van der Waals surface area contributed by atoms with Gasteiger partial charge in [0.1, 0.15) is 5.75 Å². The molecule has 1 amide bonds. The normalized spacial score (nSPS) is 10.8. The van der Waals surface area contributed by atoms with Crippen LogP contribution in [0.5, 0.6) is 5.75 Å². The number of halogens is 3. The van der Waals surface area contributed by atoms with E-state index in [1.807, 2.05) is 0 Å². The lowest BCUT2D eigenvalue weighted by atomic mass is 10.2. The Kier molecular flexibility index (Phi) is 3.72. The van der Waals surface area contributed by atoms with E-state index in [-0.39, 0.29) is 5.56 Å². The van der Waals surface area contributed by atoms with Crippen LogP contribution in [-0.4, -0.2) is 25.1 Å². The van der Waals surface area contributed by atoms with Crippen LogP contribution in [-0.2, 0) is 4.79 Å². The van der Waals surface area contributed by atoms with Crippen molar-refractivity contribution in [3.05, 3.63) is 29.8 Å². The van der Waals surface area contributed by atoms with Gasteiger partial charge in [0.05, 0.1) is 5.56 Å². The standard InChI is InChI=1S/C10H8F3NO3/c1-14-8(15)6-4-2-3-5-7(6)17-9(16)10(11,12)13/h2-5H,1H3,(H,14,15). The van der Waals surface area contributed by atoms with Crippen molar-refractivity contribution < 1.29 is 27.5 Å². The molecule has 0 radical (unpaired) electrons. The van der Waals surface area contributed by atoms with E-state index in [4.69, 9.17) is 0 Å². The summed E-state index contributed by atoms with van der Waals surface area (Å²) >= 11 is 0. The maximum absolute atomic E-state index is 12.0. The van der Waals surface area contributed by atoms with Crippen LogP contribution in [0, 0.1) is 0 Å². The maximum atomic E-state index is 12.0. The largest absolute Gasteiger partial charge is 0.491 e. The summed E-state index contributed by atoms with van der Waals surface area (Å²) in [5.41, 5.74) is -0.146. The van der Waals surface area contributed by atoms with Gasteiger partial charge in [0.15, 0.2) is 0 Å². The molecule has 0 saturated carbocycles. The molecule has 1 aromatic carbocycles. The Morgan fingerprint density at radius 2 is 1.82 bits per heavy atom. The van der Waals surface area contributed by atoms with Crippen molar-refractivity contribution in [1.29, 1.82) is 0 Å². The van der Waals surface area contributed by atoms with Crippen molar-refractivity contribution in [1.82, 2.24) is 5.32 Å². The van der Waals surface area contributed by atoms with E-state index in [2.05, 4.69) is 10.1 Å². The second-order valence-corrected chi connectivity index (χ2v) is 2.96. The molecule has 1 aromatic rings. The molecule has 17 heavy (non-hydrogen) atoms. The Balaban J connectivity index is 2.99. The number of carbonyl (C=O) groups is 2. The average Bonchev–Trinajstić information content (AvgIpc) is 2.27. The van der Waals surface area contributed by atoms with Gasteiger partial charge in [-0.25, -0.2) is 4.79 Å². The third kappa shape index (κ3) is 3.20. The first-order valence-corrected chi connectivity index (χ1v) is 4.46. The predicted molar refractivity (Wildman–Crippen MR) is 51.5 cm³/mol. The summed E-state index contributed by atoms with van der Waals surface area (Å²) in [5.74, 6) is -3.45. The quantitative estimate of drug-likeness (QED) is 0.636. The van der Waals surface area contributed by atoms with E-state index in [0.29, 0.717) is 0 Å². The highest BCUT2D eigenvalue weighted by Gasteiger charge is 2.41. The molecule has 0 aliphatic rings. The second kappa shape index (κ2) is 4.86. The monoisotopic (exact) mass is 247 g/mol. The fourth-order valence-corrected chi connectivity index (χ4v) is 1.04. The van der Waals surface area contributed by atoms with Crippen LogP contribution in [0.1, 0.15) is 10.4 Å². The van der Waals surface area contributed by atoms with Gasteiger partial charge in [-0.15, -0.1) is 0 Å². The third-order valence-electron chi connectivity index (χ3n) is 1.79. The average molecular weight is 247 g/mol. The number of esters is 1. The Bertz CT molecular complexity index is 443. The summed E-state index contributed by atoms with van der Waals surface area (Å²) in [7, 11) is 1.31. The van der Waals surface area contributed by atoms with Gasteiger partial charge < -0.3 is 10.1 Å². The van der Waals surface area contributed by atoms with Gasteiger partial charge in [0.2, 0.25) is 0 Å². The molecule has 0 atom stereocenters. The minimum absolute atomic E-state index is 0.146. The SMILES string of the molecule is CNC(=O)c1ccccc1OC(=O)C(F)(F)F. The molecule has 92 valence electrons. The zero-order valence-electron chi connectivity index (χ0n) is 8.67. The molecule has 0 aliphatic carbocycles. The van der Waals surface area contributed by atoms with Crippen molar-refractivity contribution in [2.75, 3.05) is 7.05 Å². The Morgan fingerprint density at radius 3 is 2.35 bits per heavy atom. The lowest BCUT2D eigenvalue weighted by molar-refractivity contribution is -0.189. The number of alkyl halides is 3. The number of amides is 1. The van der Waals surface area contributed by atoms with E-state index >= 15 is 0 Å². The van der Waals surface area contributed by atoms with Crippen molar-refractivity contribution in [3.8, 4) is 5.75 Å². The van der Waals surface area contributed by atoms with Gasteiger partial charge in [-0.1, -0.05) is 12.1 Å². The number of hydrogen-bond acceptors (Lipinski definition) is 3. The van der Waals surface area contributed by atoms with Gasteiger partial charge >= 0.3 is 12.1 Å². The van der Waals surface area contributed by atoms with Gasteiger partial charge in [-0.3, -0.25) is 4.79 Å². The first-order valence-electron chi connectivity index (χ1n) is 4.46. The first-order chi connectivity index (χ1) is 7.86. The maximum Gasteiger partial charge on any atom is 0.491 e. The molecule has 7 heteroatoms. The molecule has 1 N–H and O–H groups in total. The lowest BCUT2D eigenvalue weighted by Crippen LogP contribution is -2.29. The smallest absolute Gasteiger partial charge is 0.419 e. The lowest BCUT2D eigenvalue weighted by Gasteiger charge is -2.10. The van der Waals surface area contributed by atoms with E-state index in [0.717, 1.165) is 6.07 Å². The molecule has 0 saturated heterocycles. The molecule has 0 spiro atoms. The Labute approximate surface area is 94.4 Å². The van der Waals surface area contributed by atoms with Crippen molar-refractivity contribution in [3.63, 3.8) is 0 Å². The molecule has 0 bridgehead atoms. The van der Waals surface area contributed by atoms with E-state index in [1.54, 1.807) is 0 Å². The fourth-order valence-electron chi connectivity index (χ4n) is 1.04. The number of hydrogen-bond donors (Lipinski definition) is 1. The molecule has 0 aromatic heterocycles. The number of benzene rings is 1. The summed E-state index contributed by atoms with van der Waals surface area (Å²) in [5, 5.41) is 2.22. The molecule has 0 fully saturated rings. The van der Waals surface area contributed by atoms with Gasteiger partial charge in [-0.2, -0.15) is 13.2 Å². The predicted octanol–water partition coefficient (Wildman–Crippen LogP) is 1.51. The van der Waals surface area contributed by atoms with Crippen molar-refractivity contribution in [2.24, 2.45) is 0 Å². The minimum atomic E-state index is -5.10. The summed E-state index contributed by atoms with van der Waals surface area (Å²) in [6, 6.07) is 5.15. The summed E-state index contributed by atoms with van der Waals surface area (Å²) in [4.78, 5) is 21.9. The summed E-state index contributed by atoms with van der Waals surface area (Å²) in [6.45, 7) is 0. The summed E-state index contributed by atoms with van der Waals surface area (Å²) < 4.78 is 40.0. The zero-order chi connectivity index (χ0) is 13.1. The number of para-hydroxylation sites is 1. The number of nitrogens with one attached hydrogen (secondary N) is 1. The van der Waals surface area contributed by atoms with Gasteiger partial charge in [-0.05, 0) is 12.1 Å². The topological polar surface area (TPSA) is 55.4 Å². The van der Waals surface area contributed by atoms with Gasteiger partial charge in [0.25, 0.3) is 5.91 Å². The van der Waals surface area contributed by atoms with Crippen molar-refractivity contribution >= 4 is 11.9 Å². The van der Waals surface area contributed by atoms with Crippen LogP contribution >= 0.6 is 0 Å². The van der Waals surface area contributed by atoms with Crippen molar-refractivity contribution in [2.45, 2.75) is 6.18 Å². The Hall–Kier alpha value is -2.05. The highest BCUT2D eigenvalue weighted by molar-refractivity contribution is 5.97. The molecule has 0 aliphatic heterocycles.